The number of carbonyl (C=O) groups excluding carboxylic acids is 1. The number of halogens is 1. The van der Waals surface area contributed by atoms with Crippen LogP contribution in [0.4, 0.5) is 9.18 Å². The van der Waals surface area contributed by atoms with Crippen LogP contribution in [0.1, 0.15) is 46.5 Å². The number of nitroso groups, excluding NO2 is 1. The first-order valence-electron chi connectivity index (χ1n) is 6.85. The largest absolute Gasteiger partial charge is 0.340 e. The minimum atomic E-state index is -0.768. The quantitative estimate of drug-likeness (QED) is 0.631. The van der Waals surface area contributed by atoms with E-state index < -0.39 is 12.7 Å². The Bertz CT molecular complexity index is 310. The summed E-state index contributed by atoms with van der Waals surface area (Å²) in [5.74, 6) is 0.659. The van der Waals surface area contributed by atoms with Gasteiger partial charge in [0.05, 0.1) is 11.8 Å². The van der Waals surface area contributed by atoms with Gasteiger partial charge in [0.15, 0.2) is 0 Å². The molecule has 0 saturated heterocycles. The maximum atomic E-state index is 12.1. The number of rotatable bonds is 4. The molecule has 0 bridgehead atoms. The summed E-state index contributed by atoms with van der Waals surface area (Å²) in [6, 6.07) is -0.526. The Morgan fingerprint density at radius 3 is 2.32 bits per heavy atom. The highest BCUT2D eigenvalue weighted by molar-refractivity contribution is 5.74. The van der Waals surface area contributed by atoms with Crippen LogP contribution in [-0.2, 0) is 0 Å². The second kappa shape index (κ2) is 6.82. The molecule has 1 fully saturated rings. The number of hydrogen-bond donors (Lipinski definition) is 1. The third kappa shape index (κ3) is 4.76. The standard InChI is InChI=1S/C13H24FN3O2/c1-13(2,3)10-4-6-11(7-5-10)15-12(18)17(16-19)9-8-14/h10-11H,4-9H2,1-3H3,(H,15,18). The Balaban J connectivity index is 2.40. The molecule has 0 aromatic rings. The summed E-state index contributed by atoms with van der Waals surface area (Å²) in [6.45, 7) is 5.64. The monoisotopic (exact) mass is 273 g/mol. The molecular weight excluding hydrogens is 249 g/mol. The summed E-state index contributed by atoms with van der Waals surface area (Å²) in [4.78, 5) is 22.1. The molecule has 1 aliphatic rings. The fourth-order valence-electron chi connectivity index (χ4n) is 2.61. The van der Waals surface area contributed by atoms with Gasteiger partial charge in [-0.3, -0.25) is 0 Å². The van der Waals surface area contributed by atoms with Gasteiger partial charge in [0.1, 0.15) is 6.67 Å². The van der Waals surface area contributed by atoms with Crippen molar-refractivity contribution in [2.24, 2.45) is 16.6 Å². The van der Waals surface area contributed by atoms with E-state index in [4.69, 9.17) is 0 Å². The molecule has 0 radical (unpaired) electrons. The van der Waals surface area contributed by atoms with Crippen LogP contribution in [0.5, 0.6) is 0 Å². The number of urea groups is 1. The van der Waals surface area contributed by atoms with E-state index >= 15 is 0 Å². The predicted molar refractivity (Wildman–Crippen MR) is 72.2 cm³/mol. The topological polar surface area (TPSA) is 61.8 Å². The molecular formula is C13H24FN3O2. The lowest BCUT2D eigenvalue weighted by molar-refractivity contribution is 0.151. The highest BCUT2D eigenvalue weighted by atomic mass is 19.1. The molecule has 0 unspecified atom stereocenters. The summed E-state index contributed by atoms with van der Waals surface area (Å²) in [5.41, 5.74) is 0.291. The lowest BCUT2D eigenvalue weighted by Crippen LogP contribution is -2.45. The minimum Gasteiger partial charge on any atom is -0.334 e. The van der Waals surface area contributed by atoms with E-state index in [0.29, 0.717) is 16.3 Å². The molecule has 2 amide bonds. The maximum absolute atomic E-state index is 12.1. The molecule has 19 heavy (non-hydrogen) atoms. The van der Waals surface area contributed by atoms with Crippen molar-refractivity contribution in [1.82, 2.24) is 10.3 Å². The van der Waals surface area contributed by atoms with Crippen molar-refractivity contribution >= 4 is 6.03 Å². The number of amides is 2. The van der Waals surface area contributed by atoms with Gasteiger partial charge < -0.3 is 5.32 Å². The van der Waals surface area contributed by atoms with Gasteiger partial charge in [0.25, 0.3) is 0 Å². The molecule has 0 aromatic carbocycles. The maximum Gasteiger partial charge on any atom is 0.340 e. The zero-order valence-corrected chi connectivity index (χ0v) is 12.0. The van der Waals surface area contributed by atoms with Crippen molar-refractivity contribution in [3.8, 4) is 0 Å². The van der Waals surface area contributed by atoms with Gasteiger partial charge in [-0.1, -0.05) is 20.8 Å². The van der Waals surface area contributed by atoms with Gasteiger partial charge in [-0.15, -0.1) is 4.91 Å². The van der Waals surface area contributed by atoms with E-state index in [2.05, 4.69) is 31.4 Å². The number of carbonyl (C=O) groups is 1. The molecule has 0 atom stereocenters. The fourth-order valence-corrected chi connectivity index (χ4v) is 2.61. The highest BCUT2D eigenvalue weighted by Gasteiger charge is 2.30. The average Bonchev–Trinajstić information content (AvgIpc) is 2.35. The molecule has 0 heterocycles. The van der Waals surface area contributed by atoms with Gasteiger partial charge in [0, 0.05) is 6.04 Å². The Kier molecular flexibility index (Phi) is 5.69. The summed E-state index contributed by atoms with van der Waals surface area (Å²) < 4.78 is 12.1. The van der Waals surface area contributed by atoms with Crippen LogP contribution in [0.15, 0.2) is 5.29 Å². The van der Waals surface area contributed by atoms with Gasteiger partial charge in [-0.2, -0.15) is 5.01 Å². The minimum absolute atomic E-state index is 0.0648. The third-order valence-electron chi connectivity index (χ3n) is 3.91. The average molecular weight is 273 g/mol. The first kappa shape index (κ1) is 15.9. The van der Waals surface area contributed by atoms with Crippen LogP contribution in [-0.4, -0.2) is 30.3 Å². The van der Waals surface area contributed by atoms with Gasteiger partial charge in [-0.25, -0.2) is 9.18 Å². The summed E-state index contributed by atoms with van der Waals surface area (Å²) in [6.07, 6.45) is 3.92. The Morgan fingerprint density at radius 1 is 1.32 bits per heavy atom. The van der Waals surface area contributed by atoms with E-state index in [9.17, 15) is 14.1 Å². The Labute approximate surface area is 113 Å². The summed E-state index contributed by atoms with van der Waals surface area (Å²) >= 11 is 0. The first-order chi connectivity index (χ1) is 8.88. The van der Waals surface area contributed by atoms with Crippen molar-refractivity contribution in [2.45, 2.75) is 52.5 Å². The lowest BCUT2D eigenvalue weighted by atomic mass is 9.71. The Morgan fingerprint density at radius 2 is 1.89 bits per heavy atom. The second-order valence-corrected chi connectivity index (χ2v) is 6.26. The van der Waals surface area contributed by atoms with Crippen molar-refractivity contribution in [3.63, 3.8) is 0 Å². The summed E-state index contributed by atoms with van der Waals surface area (Å²) in [7, 11) is 0. The van der Waals surface area contributed by atoms with Crippen LogP contribution in [0.2, 0.25) is 0 Å². The van der Waals surface area contributed by atoms with Crippen molar-refractivity contribution in [2.75, 3.05) is 13.2 Å². The van der Waals surface area contributed by atoms with Crippen LogP contribution in [0.25, 0.3) is 0 Å². The van der Waals surface area contributed by atoms with E-state index in [1.807, 2.05) is 0 Å². The van der Waals surface area contributed by atoms with E-state index in [0.717, 1.165) is 25.7 Å². The third-order valence-corrected chi connectivity index (χ3v) is 3.91. The van der Waals surface area contributed by atoms with Crippen molar-refractivity contribution < 1.29 is 9.18 Å². The van der Waals surface area contributed by atoms with Crippen molar-refractivity contribution in [1.29, 1.82) is 0 Å². The van der Waals surface area contributed by atoms with E-state index in [1.165, 1.54) is 0 Å². The first-order valence-corrected chi connectivity index (χ1v) is 6.85. The van der Waals surface area contributed by atoms with E-state index in [1.54, 1.807) is 0 Å². The van der Waals surface area contributed by atoms with Crippen molar-refractivity contribution in [3.05, 3.63) is 4.91 Å². The molecule has 0 aromatic heterocycles. The SMILES string of the molecule is CC(C)(C)C1CCC(NC(=O)N(CCF)N=O)CC1. The molecule has 1 aliphatic carbocycles. The smallest absolute Gasteiger partial charge is 0.334 e. The predicted octanol–water partition coefficient (Wildman–Crippen LogP) is 3.25. The van der Waals surface area contributed by atoms with Gasteiger partial charge in [0.2, 0.25) is 0 Å². The summed E-state index contributed by atoms with van der Waals surface area (Å²) in [5, 5.41) is 5.89. The molecule has 0 aliphatic heterocycles. The fraction of sp³-hybridized carbons (Fsp3) is 0.923. The Hall–Kier alpha value is -1.20. The molecule has 1 rings (SSSR count). The normalized spacial score (nSPS) is 23.8. The van der Waals surface area contributed by atoms with Gasteiger partial charge >= 0.3 is 6.03 Å². The number of alkyl halides is 1. The van der Waals surface area contributed by atoms with Gasteiger partial charge in [-0.05, 0) is 37.0 Å². The van der Waals surface area contributed by atoms with Crippen LogP contribution < -0.4 is 5.32 Å². The zero-order chi connectivity index (χ0) is 14.5. The highest BCUT2D eigenvalue weighted by Crippen LogP contribution is 2.37. The zero-order valence-electron chi connectivity index (χ0n) is 12.0. The number of nitrogens with one attached hydrogen (secondary N) is 1. The molecule has 6 heteroatoms. The molecule has 110 valence electrons. The lowest BCUT2D eigenvalue weighted by Gasteiger charge is -2.37. The van der Waals surface area contributed by atoms with Crippen LogP contribution in [0, 0.1) is 16.2 Å². The molecule has 5 nitrogen and oxygen atoms in total. The van der Waals surface area contributed by atoms with E-state index in [-0.39, 0.29) is 12.6 Å². The number of hydrogen-bond acceptors (Lipinski definition) is 3. The van der Waals surface area contributed by atoms with Crippen LogP contribution >= 0.6 is 0 Å². The second-order valence-electron chi connectivity index (χ2n) is 6.26. The number of nitrogens with zero attached hydrogens (tertiary/aromatic N) is 2. The molecule has 1 saturated carbocycles. The van der Waals surface area contributed by atoms with Crippen LogP contribution in [0.3, 0.4) is 0 Å². The molecule has 0 spiro atoms. The molecule has 1 N–H and O–H groups in total.